The van der Waals surface area contributed by atoms with Crippen LogP contribution in [0.25, 0.3) is 0 Å². The second-order valence-electron chi connectivity index (χ2n) is 7.08. The molecule has 2 aromatic carbocycles. The van der Waals surface area contributed by atoms with Gasteiger partial charge in [-0.1, -0.05) is 24.3 Å². The maximum Gasteiger partial charge on any atom is 0.255 e. The highest BCUT2D eigenvalue weighted by atomic mass is 16.2. The minimum absolute atomic E-state index is 0.0278. The molecule has 3 N–H and O–H groups in total. The number of anilines is 1. The summed E-state index contributed by atoms with van der Waals surface area (Å²) < 4.78 is 0. The van der Waals surface area contributed by atoms with Crippen LogP contribution in [0.15, 0.2) is 48.5 Å². The lowest BCUT2D eigenvalue weighted by atomic mass is 9.98. The lowest BCUT2D eigenvalue weighted by molar-refractivity contribution is -0.120. The Balaban J connectivity index is 1.52. The molecule has 0 saturated carbocycles. The third-order valence-electron chi connectivity index (χ3n) is 5.03. The van der Waals surface area contributed by atoms with Gasteiger partial charge in [0.05, 0.1) is 0 Å². The van der Waals surface area contributed by atoms with E-state index in [0.29, 0.717) is 24.3 Å². The predicted octanol–water partition coefficient (Wildman–Crippen LogP) is 2.77. The standard InChI is InChI=1S/C22H27N3O2/c1-23-21(26)11-6-16-4-9-20(10-5-16)25-22(27)19-7-2-17(3-8-19)14-18-12-13-24-15-18/h2-5,7-10,18,24H,6,11-15H2,1H3,(H,23,26)(H,25,27). The Morgan fingerprint density at radius 1 is 1.04 bits per heavy atom. The van der Waals surface area contributed by atoms with E-state index in [0.717, 1.165) is 30.8 Å². The molecule has 1 aliphatic heterocycles. The van der Waals surface area contributed by atoms with E-state index in [4.69, 9.17) is 0 Å². The second kappa shape index (κ2) is 9.33. The molecular weight excluding hydrogens is 338 g/mol. The third kappa shape index (κ3) is 5.66. The van der Waals surface area contributed by atoms with Gasteiger partial charge < -0.3 is 16.0 Å². The summed E-state index contributed by atoms with van der Waals surface area (Å²) in [6, 6.07) is 15.5. The molecule has 2 aromatic rings. The zero-order chi connectivity index (χ0) is 19.1. The summed E-state index contributed by atoms with van der Waals surface area (Å²) in [6.45, 7) is 2.19. The molecule has 142 valence electrons. The Hall–Kier alpha value is -2.66. The van der Waals surface area contributed by atoms with Gasteiger partial charge in [-0.2, -0.15) is 0 Å². The first kappa shape index (κ1) is 19.1. The lowest BCUT2D eigenvalue weighted by Gasteiger charge is -2.10. The van der Waals surface area contributed by atoms with Crippen molar-refractivity contribution in [2.24, 2.45) is 5.92 Å². The van der Waals surface area contributed by atoms with E-state index in [1.165, 1.54) is 12.0 Å². The van der Waals surface area contributed by atoms with Crippen molar-refractivity contribution in [1.82, 2.24) is 10.6 Å². The van der Waals surface area contributed by atoms with Crippen molar-refractivity contribution < 1.29 is 9.59 Å². The highest BCUT2D eigenvalue weighted by Gasteiger charge is 2.15. The van der Waals surface area contributed by atoms with Gasteiger partial charge in [0.25, 0.3) is 5.91 Å². The van der Waals surface area contributed by atoms with Crippen molar-refractivity contribution >= 4 is 17.5 Å². The Kier molecular flexibility index (Phi) is 6.60. The van der Waals surface area contributed by atoms with Crippen molar-refractivity contribution in [3.63, 3.8) is 0 Å². The molecule has 5 nitrogen and oxygen atoms in total. The van der Waals surface area contributed by atoms with Crippen LogP contribution < -0.4 is 16.0 Å². The van der Waals surface area contributed by atoms with Crippen LogP contribution in [-0.4, -0.2) is 32.0 Å². The third-order valence-corrected chi connectivity index (χ3v) is 5.03. The maximum absolute atomic E-state index is 12.4. The molecule has 2 amide bonds. The molecule has 1 atom stereocenters. The number of hydrogen-bond acceptors (Lipinski definition) is 3. The van der Waals surface area contributed by atoms with Gasteiger partial charge in [-0.3, -0.25) is 9.59 Å². The number of hydrogen-bond donors (Lipinski definition) is 3. The van der Waals surface area contributed by atoms with Crippen molar-refractivity contribution in [2.45, 2.75) is 25.7 Å². The summed E-state index contributed by atoms with van der Waals surface area (Å²) in [5, 5.41) is 8.93. The van der Waals surface area contributed by atoms with E-state index in [1.54, 1.807) is 7.05 Å². The van der Waals surface area contributed by atoms with E-state index in [9.17, 15) is 9.59 Å². The highest BCUT2D eigenvalue weighted by Crippen LogP contribution is 2.17. The molecule has 0 bridgehead atoms. The number of carbonyl (C=O) groups excluding carboxylic acids is 2. The average molecular weight is 365 g/mol. The molecule has 1 saturated heterocycles. The predicted molar refractivity (Wildman–Crippen MR) is 108 cm³/mol. The normalized spacial score (nSPS) is 16.1. The van der Waals surface area contributed by atoms with Crippen molar-refractivity contribution in [3.05, 3.63) is 65.2 Å². The van der Waals surface area contributed by atoms with Crippen molar-refractivity contribution in [3.8, 4) is 0 Å². The first-order chi connectivity index (χ1) is 13.1. The van der Waals surface area contributed by atoms with Gasteiger partial charge in [0, 0.05) is 24.7 Å². The van der Waals surface area contributed by atoms with Crippen LogP contribution in [0.2, 0.25) is 0 Å². The van der Waals surface area contributed by atoms with Crippen LogP contribution in [-0.2, 0) is 17.6 Å². The zero-order valence-electron chi connectivity index (χ0n) is 15.8. The monoisotopic (exact) mass is 365 g/mol. The Bertz CT molecular complexity index is 763. The number of carbonyl (C=O) groups is 2. The summed E-state index contributed by atoms with van der Waals surface area (Å²) in [7, 11) is 1.64. The Morgan fingerprint density at radius 2 is 1.74 bits per heavy atom. The summed E-state index contributed by atoms with van der Waals surface area (Å²) in [4.78, 5) is 23.7. The van der Waals surface area contributed by atoms with E-state index < -0.39 is 0 Å². The van der Waals surface area contributed by atoms with Crippen LogP contribution in [0.1, 0.15) is 34.3 Å². The Labute approximate surface area is 160 Å². The SMILES string of the molecule is CNC(=O)CCc1ccc(NC(=O)c2ccc(CC3CCNC3)cc2)cc1. The smallest absolute Gasteiger partial charge is 0.255 e. The van der Waals surface area contributed by atoms with Gasteiger partial charge in [-0.15, -0.1) is 0 Å². The molecule has 1 heterocycles. The molecule has 3 rings (SSSR count). The molecule has 1 aliphatic rings. The molecular formula is C22H27N3O2. The number of nitrogens with one attached hydrogen (secondary N) is 3. The minimum Gasteiger partial charge on any atom is -0.359 e. The first-order valence-corrected chi connectivity index (χ1v) is 9.54. The topological polar surface area (TPSA) is 70.2 Å². The van der Waals surface area contributed by atoms with Gasteiger partial charge in [0.1, 0.15) is 0 Å². The van der Waals surface area contributed by atoms with Crippen LogP contribution in [0.5, 0.6) is 0 Å². The van der Waals surface area contributed by atoms with Gasteiger partial charge in [0.15, 0.2) is 0 Å². The number of benzene rings is 2. The van der Waals surface area contributed by atoms with Crippen LogP contribution >= 0.6 is 0 Å². The van der Waals surface area contributed by atoms with E-state index in [1.807, 2.05) is 36.4 Å². The largest absolute Gasteiger partial charge is 0.359 e. The van der Waals surface area contributed by atoms with Crippen molar-refractivity contribution in [2.75, 3.05) is 25.5 Å². The molecule has 0 aromatic heterocycles. The van der Waals surface area contributed by atoms with Gasteiger partial charge in [0.2, 0.25) is 5.91 Å². The van der Waals surface area contributed by atoms with Gasteiger partial charge in [-0.05, 0) is 73.7 Å². The van der Waals surface area contributed by atoms with E-state index in [-0.39, 0.29) is 11.8 Å². The number of aryl methyl sites for hydroxylation is 1. The maximum atomic E-state index is 12.4. The Morgan fingerprint density at radius 3 is 2.37 bits per heavy atom. The fraction of sp³-hybridized carbons (Fsp3) is 0.364. The minimum atomic E-state index is -0.109. The van der Waals surface area contributed by atoms with Crippen LogP contribution in [0.3, 0.4) is 0 Å². The number of amides is 2. The molecule has 1 fully saturated rings. The summed E-state index contributed by atoms with van der Waals surface area (Å²) in [5.41, 5.74) is 3.76. The second-order valence-corrected chi connectivity index (χ2v) is 7.08. The quantitative estimate of drug-likeness (QED) is 0.707. The summed E-state index contributed by atoms with van der Waals surface area (Å²) in [5.74, 6) is 0.619. The van der Waals surface area contributed by atoms with Crippen molar-refractivity contribution in [1.29, 1.82) is 0 Å². The first-order valence-electron chi connectivity index (χ1n) is 9.54. The van der Waals surface area contributed by atoms with Crippen LogP contribution in [0, 0.1) is 5.92 Å². The molecule has 27 heavy (non-hydrogen) atoms. The van der Waals surface area contributed by atoms with Crippen LogP contribution in [0.4, 0.5) is 5.69 Å². The highest BCUT2D eigenvalue weighted by molar-refractivity contribution is 6.04. The molecule has 0 spiro atoms. The zero-order valence-corrected chi connectivity index (χ0v) is 15.8. The fourth-order valence-electron chi connectivity index (χ4n) is 3.36. The molecule has 5 heteroatoms. The molecule has 0 radical (unpaired) electrons. The lowest BCUT2D eigenvalue weighted by Crippen LogP contribution is -2.17. The molecule has 1 unspecified atom stereocenters. The average Bonchev–Trinajstić information content (AvgIpc) is 3.20. The van der Waals surface area contributed by atoms with Gasteiger partial charge >= 0.3 is 0 Å². The summed E-state index contributed by atoms with van der Waals surface area (Å²) in [6.07, 6.45) is 3.44. The fourth-order valence-corrected chi connectivity index (χ4v) is 3.36. The molecule has 0 aliphatic carbocycles. The van der Waals surface area contributed by atoms with E-state index in [2.05, 4.69) is 28.1 Å². The van der Waals surface area contributed by atoms with E-state index >= 15 is 0 Å². The number of rotatable bonds is 7. The van der Waals surface area contributed by atoms with Gasteiger partial charge in [-0.25, -0.2) is 0 Å². The summed E-state index contributed by atoms with van der Waals surface area (Å²) >= 11 is 0.